The molecule has 0 atom stereocenters. The minimum atomic E-state index is -6.29. The maximum Gasteiger partial charge on any atom is 0.502 e. The van der Waals surface area contributed by atoms with Gasteiger partial charge < -0.3 is 5.11 Å². The molecule has 0 unspecified atom stereocenters. The number of allylic oxidation sites excluding steroid dienone is 1. The van der Waals surface area contributed by atoms with Gasteiger partial charge in [0.25, 0.3) is 19.7 Å². The van der Waals surface area contributed by atoms with Gasteiger partial charge in [-0.1, -0.05) is 6.08 Å². The van der Waals surface area contributed by atoms with Crippen LogP contribution in [-0.4, -0.2) is 33.0 Å². The summed E-state index contributed by atoms with van der Waals surface area (Å²) in [5.41, 5.74) is -12.4. The number of benzene rings is 1. The van der Waals surface area contributed by atoms with Gasteiger partial charge in [0.2, 0.25) is 0 Å². The standard InChI is InChI=1S/C12H10F6O5S2/c1-2-3-4-7-5-8(24(20,21)11(13,14)15)10(19)9(6-7)25(22,23)12(16,17)18/h2,5-6,19H,1,3-4H2. The Morgan fingerprint density at radius 1 is 0.920 bits per heavy atom. The second-order valence-corrected chi connectivity index (χ2v) is 8.49. The fourth-order valence-corrected chi connectivity index (χ4v) is 3.61. The minimum Gasteiger partial charge on any atom is -0.505 e. The highest BCUT2D eigenvalue weighted by Crippen LogP contribution is 2.42. The van der Waals surface area contributed by atoms with E-state index in [-0.39, 0.29) is 25.0 Å². The van der Waals surface area contributed by atoms with E-state index < -0.39 is 51.8 Å². The lowest BCUT2D eigenvalue weighted by Gasteiger charge is -2.16. The van der Waals surface area contributed by atoms with Crippen LogP contribution in [0, 0.1) is 0 Å². The van der Waals surface area contributed by atoms with Crippen LogP contribution < -0.4 is 0 Å². The molecule has 0 aliphatic rings. The second kappa shape index (κ2) is 6.52. The molecular weight excluding hydrogens is 402 g/mol. The van der Waals surface area contributed by atoms with E-state index in [0.29, 0.717) is 0 Å². The van der Waals surface area contributed by atoms with Crippen LogP contribution >= 0.6 is 0 Å². The molecule has 1 aromatic rings. The molecule has 0 spiro atoms. The molecule has 0 saturated carbocycles. The molecule has 25 heavy (non-hydrogen) atoms. The van der Waals surface area contributed by atoms with Crippen LogP contribution in [0.4, 0.5) is 26.3 Å². The Bertz CT molecular complexity index is 817. The summed E-state index contributed by atoms with van der Waals surface area (Å²) < 4.78 is 122. The molecule has 13 heteroatoms. The van der Waals surface area contributed by atoms with Gasteiger partial charge in [-0.2, -0.15) is 26.3 Å². The molecule has 0 amide bonds. The largest absolute Gasteiger partial charge is 0.505 e. The van der Waals surface area contributed by atoms with E-state index >= 15 is 0 Å². The number of sulfone groups is 2. The Labute approximate surface area is 138 Å². The van der Waals surface area contributed by atoms with Crippen molar-refractivity contribution >= 4 is 19.7 Å². The summed E-state index contributed by atoms with van der Waals surface area (Å²) in [5.74, 6) is -2.14. The summed E-state index contributed by atoms with van der Waals surface area (Å²) in [5, 5.41) is 9.56. The first-order valence-corrected chi connectivity index (χ1v) is 9.13. The fourth-order valence-electron chi connectivity index (χ4n) is 1.71. The summed E-state index contributed by atoms with van der Waals surface area (Å²) in [6.07, 6.45) is 0.926. The number of phenolic OH excluding ortho intramolecular Hbond substituents is 1. The monoisotopic (exact) mass is 412 g/mol. The van der Waals surface area contributed by atoms with Crippen molar-refractivity contribution in [3.05, 3.63) is 30.4 Å². The number of halogens is 6. The number of phenols is 1. The van der Waals surface area contributed by atoms with E-state index in [0.717, 1.165) is 0 Å². The van der Waals surface area contributed by atoms with E-state index in [1.165, 1.54) is 6.08 Å². The van der Waals surface area contributed by atoms with E-state index in [1.807, 2.05) is 0 Å². The molecule has 0 fully saturated rings. The van der Waals surface area contributed by atoms with Gasteiger partial charge in [0.05, 0.1) is 0 Å². The van der Waals surface area contributed by atoms with E-state index in [1.54, 1.807) is 0 Å². The predicted octanol–water partition coefficient (Wildman–Crippen LogP) is 3.10. The first-order valence-electron chi connectivity index (χ1n) is 6.17. The number of aromatic hydroxyl groups is 1. The Balaban J connectivity index is 3.89. The van der Waals surface area contributed by atoms with Crippen molar-refractivity contribution in [1.29, 1.82) is 0 Å². The van der Waals surface area contributed by atoms with Gasteiger partial charge in [0, 0.05) is 0 Å². The van der Waals surface area contributed by atoms with Crippen molar-refractivity contribution in [2.75, 3.05) is 0 Å². The summed E-state index contributed by atoms with van der Waals surface area (Å²) in [6.45, 7) is 3.27. The van der Waals surface area contributed by atoms with Gasteiger partial charge in [-0.05, 0) is 30.5 Å². The smallest absolute Gasteiger partial charge is 0.502 e. The van der Waals surface area contributed by atoms with Crippen LogP contribution in [0.3, 0.4) is 0 Å². The molecule has 5 nitrogen and oxygen atoms in total. The van der Waals surface area contributed by atoms with E-state index in [2.05, 4.69) is 6.58 Å². The maximum atomic E-state index is 12.7. The fraction of sp³-hybridized carbons (Fsp3) is 0.333. The number of rotatable bonds is 5. The first-order chi connectivity index (χ1) is 11.1. The lowest BCUT2D eigenvalue weighted by atomic mass is 10.1. The summed E-state index contributed by atoms with van der Waals surface area (Å²) in [7, 11) is -12.6. The Morgan fingerprint density at radius 2 is 1.28 bits per heavy atom. The Hall–Kier alpha value is -1.76. The van der Waals surface area contributed by atoms with Gasteiger partial charge in [-0.25, -0.2) is 16.8 Å². The Kier molecular flexibility index (Phi) is 5.55. The summed E-state index contributed by atoms with van der Waals surface area (Å²) >= 11 is 0. The maximum absolute atomic E-state index is 12.7. The molecule has 142 valence electrons. The van der Waals surface area contributed by atoms with Gasteiger partial charge in [0.15, 0.2) is 5.75 Å². The van der Waals surface area contributed by atoms with Crippen molar-refractivity contribution in [2.45, 2.75) is 33.6 Å². The van der Waals surface area contributed by atoms with Gasteiger partial charge in [-0.3, -0.25) is 0 Å². The third-order valence-electron chi connectivity index (χ3n) is 2.93. The highest BCUT2D eigenvalue weighted by Gasteiger charge is 2.52. The zero-order chi connectivity index (χ0) is 19.8. The van der Waals surface area contributed by atoms with Crippen molar-refractivity contribution in [3.8, 4) is 5.75 Å². The lowest BCUT2D eigenvalue weighted by Crippen LogP contribution is -2.26. The van der Waals surface area contributed by atoms with Crippen molar-refractivity contribution < 1.29 is 48.3 Å². The van der Waals surface area contributed by atoms with Gasteiger partial charge in [0.1, 0.15) is 9.79 Å². The van der Waals surface area contributed by atoms with Crippen LogP contribution in [0.25, 0.3) is 0 Å². The van der Waals surface area contributed by atoms with Crippen LogP contribution in [-0.2, 0) is 26.1 Å². The number of alkyl halides is 6. The zero-order valence-electron chi connectivity index (χ0n) is 12.0. The van der Waals surface area contributed by atoms with Crippen LogP contribution in [0.15, 0.2) is 34.6 Å². The SMILES string of the molecule is C=CCCc1cc(S(=O)(=O)C(F)(F)F)c(O)c(S(=O)(=O)C(F)(F)F)c1. The topological polar surface area (TPSA) is 88.5 Å². The third kappa shape index (κ3) is 3.92. The average Bonchev–Trinajstić information content (AvgIpc) is 2.43. The van der Waals surface area contributed by atoms with Gasteiger partial charge in [-0.15, -0.1) is 6.58 Å². The summed E-state index contributed by atoms with van der Waals surface area (Å²) in [6, 6.07) is 0.550. The molecule has 1 N–H and O–H groups in total. The normalized spacial score (nSPS) is 13.7. The molecule has 0 heterocycles. The van der Waals surface area contributed by atoms with Crippen molar-refractivity contribution in [1.82, 2.24) is 0 Å². The molecule has 1 rings (SSSR count). The van der Waals surface area contributed by atoms with Crippen molar-refractivity contribution in [2.24, 2.45) is 0 Å². The van der Waals surface area contributed by atoms with Crippen LogP contribution in [0.1, 0.15) is 12.0 Å². The highest BCUT2D eigenvalue weighted by atomic mass is 32.2. The molecule has 0 aliphatic carbocycles. The third-order valence-corrected chi connectivity index (χ3v) is 5.92. The number of hydrogen-bond acceptors (Lipinski definition) is 5. The van der Waals surface area contributed by atoms with E-state index in [9.17, 15) is 48.3 Å². The molecule has 0 radical (unpaired) electrons. The zero-order valence-corrected chi connectivity index (χ0v) is 13.7. The minimum absolute atomic E-state index is 0.00177. The number of hydrogen-bond donors (Lipinski definition) is 1. The molecule has 1 aromatic carbocycles. The summed E-state index contributed by atoms with van der Waals surface area (Å²) in [4.78, 5) is -3.94. The average molecular weight is 412 g/mol. The molecule has 0 aromatic heterocycles. The molecule has 0 aliphatic heterocycles. The van der Waals surface area contributed by atoms with Gasteiger partial charge >= 0.3 is 11.0 Å². The molecular formula is C12H10F6O5S2. The van der Waals surface area contributed by atoms with E-state index in [4.69, 9.17) is 0 Å². The van der Waals surface area contributed by atoms with Crippen molar-refractivity contribution in [3.63, 3.8) is 0 Å². The molecule has 0 saturated heterocycles. The first kappa shape index (κ1) is 21.3. The van der Waals surface area contributed by atoms with Crippen LogP contribution in [0.5, 0.6) is 5.75 Å². The van der Waals surface area contributed by atoms with Crippen LogP contribution in [0.2, 0.25) is 0 Å². The highest BCUT2D eigenvalue weighted by molar-refractivity contribution is 7.93. The lowest BCUT2D eigenvalue weighted by molar-refractivity contribution is -0.0438. The second-order valence-electron chi connectivity index (χ2n) is 4.67. The Morgan fingerprint density at radius 3 is 1.56 bits per heavy atom. The predicted molar refractivity (Wildman–Crippen MR) is 73.1 cm³/mol. The number of aryl methyl sites for hydroxylation is 1. The quantitative estimate of drug-likeness (QED) is 0.593. The molecule has 0 bridgehead atoms.